The molecule has 248 valence electrons. The third-order valence-electron chi connectivity index (χ3n) is 10.2. The molecule has 0 unspecified atom stereocenters. The number of nitrogens with zero attached hydrogens (tertiary/aromatic N) is 4. The van der Waals surface area contributed by atoms with E-state index in [9.17, 15) is 0 Å². The summed E-state index contributed by atoms with van der Waals surface area (Å²) in [5.74, 6) is 2.86. The number of ether oxygens (including phenoxy) is 2. The maximum absolute atomic E-state index is 6.83. The van der Waals surface area contributed by atoms with Crippen LogP contribution in [0.1, 0.15) is 49.9 Å². The van der Waals surface area contributed by atoms with E-state index in [1.807, 2.05) is 84.9 Å². The molecule has 51 heavy (non-hydrogen) atoms. The van der Waals surface area contributed by atoms with Crippen molar-refractivity contribution in [3.63, 3.8) is 0 Å². The van der Waals surface area contributed by atoms with Crippen LogP contribution in [0.25, 0.3) is 22.8 Å². The van der Waals surface area contributed by atoms with Crippen LogP contribution in [-0.2, 0) is 10.8 Å². The summed E-state index contributed by atoms with van der Waals surface area (Å²) in [4.78, 5) is 16.7. The van der Waals surface area contributed by atoms with Crippen LogP contribution in [0.15, 0.2) is 146 Å². The first-order valence-electron chi connectivity index (χ1n) is 17.3. The largest absolute Gasteiger partial charge is 0.453 e. The first-order chi connectivity index (χ1) is 24.8. The van der Waals surface area contributed by atoms with E-state index in [0.29, 0.717) is 23.1 Å². The Kier molecular flexibility index (Phi) is 7.04. The van der Waals surface area contributed by atoms with Crippen LogP contribution in [0.5, 0.6) is 23.3 Å². The molecule has 0 radical (unpaired) electrons. The first-order valence-corrected chi connectivity index (χ1v) is 17.3. The number of para-hydroxylation sites is 4. The quantitative estimate of drug-likeness (QED) is 0.176. The van der Waals surface area contributed by atoms with Crippen LogP contribution in [0.3, 0.4) is 0 Å². The van der Waals surface area contributed by atoms with Crippen LogP contribution < -0.4 is 14.4 Å². The Hall–Kier alpha value is -6.27. The summed E-state index contributed by atoms with van der Waals surface area (Å²) in [6.45, 7) is 9.23. The Morgan fingerprint density at radius 1 is 0.451 bits per heavy atom. The molecule has 2 aliphatic heterocycles. The van der Waals surface area contributed by atoms with E-state index in [2.05, 4.69) is 93.3 Å². The van der Waals surface area contributed by atoms with E-state index >= 15 is 0 Å². The van der Waals surface area contributed by atoms with Crippen LogP contribution in [0.2, 0.25) is 0 Å². The van der Waals surface area contributed by atoms with Crippen molar-refractivity contribution < 1.29 is 9.47 Å². The lowest BCUT2D eigenvalue weighted by molar-refractivity contribution is 0.397. The third kappa shape index (κ3) is 5.06. The Morgan fingerprint density at radius 2 is 0.882 bits per heavy atom. The highest BCUT2D eigenvalue weighted by molar-refractivity contribution is 5.93. The summed E-state index contributed by atoms with van der Waals surface area (Å²) in [5.41, 5.74) is 9.83. The van der Waals surface area contributed by atoms with Crippen molar-refractivity contribution in [3.8, 4) is 46.0 Å². The van der Waals surface area contributed by atoms with Crippen LogP contribution in [0, 0.1) is 0 Å². The second kappa shape index (κ2) is 11.7. The predicted molar refractivity (Wildman–Crippen MR) is 203 cm³/mol. The third-order valence-corrected chi connectivity index (χ3v) is 10.2. The molecule has 0 aliphatic carbocycles. The molecule has 0 saturated carbocycles. The number of anilines is 3. The summed E-state index contributed by atoms with van der Waals surface area (Å²) in [6, 6.07) is 49.5. The molecular weight excluding hydrogens is 629 g/mol. The normalized spacial score (nSPS) is 14.5. The van der Waals surface area contributed by atoms with Crippen molar-refractivity contribution in [2.75, 3.05) is 4.90 Å². The van der Waals surface area contributed by atoms with Crippen molar-refractivity contribution in [2.45, 2.75) is 38.5 Å². The highest BCUT2D eigenvalue weighted by Gasteiger charge is 2.45. The molecule has 1 aromatic heterocycles. The minimum atomic E-state index is -0.276. The maximum Gasteiger partial charge on any atom is 0.326 e. The summed E-state index contributed by atoms with van der Waals surface area (Å²) in [5, 5.41) is 0. The minimum Gasteiger partial charge on any atom is -0.453 e. The van der Waals surface area contributed by atoms with Gasteiger partial charge in [-0.3, -0.25) is 0 Å². The molecule has 9 rings (SSSR count). The average molecular weight is 665 g/mol. The van der Waals surface area contributed by atoms with E-state index in [-0.39, 0.29) is 16.8 Å². The van der Waals surface area contributed by atoms with Crippen molar-refractivity contribution in [1.29, 1.82) is 0 Å². The van der Waals surface area contributed by atoms with Gasteiger partial charge in [-0.25, -0.2) is 4.98 Å². The van der Waals surface area contributed by atoms with Gasteiger partial charge in [-0.05, 0) is 58.7 Å². The van der Waals surface area contributed by atoms with Crippen molar-refractivity contribution in [3.05, 3.63) is 168 Å². The zero-order valence-electron chi connectivity index (χ0n) is 29.0. The predicted octanol–water partition coefficient (Wildman–Crippen LogP) is 11.5. The Balaban J connectivity index is 1.15. The fourth-order valence-corrected chi connectivity index (χ4v) is 7.59. The van der Waals surface area contributed by atoms with E-state index in [0.717, 1.165) is 16.9 Å². The van der Waals surface area contributed by atoms with Gasteiger partial charge in [0.05, 0.1) is 17.1 Å². The van der Waals surface area contributed by atoms with Gasteiger partial charge in [0.2, 0.25) is 0 Å². The lowest BCUT2D eigenvalue weighted by atomic mass is 9.66. The summed E-state index contributed by atoms with van der Waals surface area (Å²) < 4.78 is 13.3. The van der Waals surface area contributed by atoms with E-state index in [1.54, 1.807) is 0 Å². The van der Waals surface area contributed by atoms with Gasteiger partial charge in [0.1, 0.15) is 5.75 Å². The molecular formula is C45H36N4O2. The molecule has 0 amide bonds. The van der Waals surface area contributed by atoms with Crippen LogP contribution in [0.4, 0.5) is 17.1 Å². The molecule has 0 bridgehead atoms. The molecule has 0 spiro atoms. The summed E-state index contributed by atoms with van der Waals surface area (Å²) in [6.07, 6.45) is 0. The maximum atomic E-state index is 6.83. The number of rotatable bonds is 6. The lowest BCUT2D eigenvalue weighted by Crippen LogP contribution is -2.38. The van der Waals surface area contributed by atoms with Gasteiger partial charge < -0.3 is 14.4 Å². The highest BCUT2D eigenvalue weighted by Crippen LogP contribution is 2.60. The zero-order chi connectivity index (χ0) is 34.7. The highest BCUT2D eigenvalue weighted by atomic mass is 16.5. The molecule has 6 nitrogen and oxygen atoms in total. The molecule has 0 saturated heterocycles. The topological polar surface area (TPSA) is 60.4 Å². The molecule has 3 heterocycles. The van der Waals surface area contributed by atoms with Crippen LogP contribution in [-0.4, -0.2) is 15.0 Å². The fourth-order valence-electron chi connectivity index (χ4n) is 7.59. The summed E-state index contributed by atoms with van der Waals surface area (Å²) in [7, 11) is 0. The molecule has 2 aliphatic rings. The van der Waals surface area contributed by atoms with E-state index < -0.39 is 0 Å². The number of hydrogen-bond donors (Lipinski definition) is 0. The van der Waals surface area contributed by atoms with Gasteiger partial charge in [0.25, 0.3) is 0 Å². The van der Waals surface area contributed by atoms with Crippen molar-refractivity contribution in [1.82, 2.24) is 15.0 Å². The average Bonchev–Trinajstić information content (AvgIpc) is 3.16. The van der Waals surface area contributed by atoms with Crippen molar-refractivity contribution >= 4 is 17.1 Å². The van der Waals surface area contributed by atoms with Crippen LogP contribution >= 0.6 is 0 Å². The standard InChI is InChI=1S/C45H36N4O2/c1-44(2)32-21-11-13-23-36(32)49-37-24-14-12-22-33(37)45(3,4)35-28-31(27-34(44)40(35)49)50-38-25-15-16-26-39(38)51-43-47-41(29-17-7-5-8-18-29)46-42(48-43)30-19-9-6-10-20-30/h5-28H,1-4H3. The number of benzene rings is 6. The minimum absolute atomic E-state index is 0.186. The Bertz CT molecular complexity index is 2300. The molecule has 7 aromatic rings. The smallest absolute Gasteiger partial charge is 0.326 e. The Morgan fingerprint density at radius 3 is 1.39 bits per heavy atom. The van der Waals surface area contributed by atoms with Gasteiger partial charge in [-0.2, -0.15) is 9.97 Å². The molecule has 0 N–H and O–H groups in total. The molecule has 0 atom stereocenters. The first kappa shape index (κ1) is 30.8. The number of aromatic nitrogens is 3. The number of fused-ring (bicyclic) bond motifs is 4. The second-order valence-corrected chi connectivity index (χ2v) is 14.1. The lowest BCUT2D eigenvalue weighted by Gasteiger charge is -2.49. The molecule has 6 heteroatoms. The van der Waals surface area contributed by atoms with Gasteiger partial charge in [0, 0.05) is 22.0 Å². The second-order valence-electron chi connectivity index (χ2n) is 14.1. The van der Waals surface area contributed by atoms with Gasteiger partial charge in [-0.15, -0.1) is 0 Å². The zero-order valence-corrected chi connectivity index (χ0v) is 29.0. The Labute approximate surface area is 298 Å². The summed E-state index contributed by atoms with van der Waals surface area (Å²) >= 11 is 0. The number of hydrogen-bond acceptors (Lipinski definition) is 6. The van der Waals surface area contributed by atoms with Gasteiger partial charge >= 0.3 is 6.01 Å². The van der Waals surface area contributed by atoms with E-state index in [1.165, 1.54) is 39.3 Å². The fraction of sp³-hybridized carbons (Fsp3) is 0.133. The SMILES string of the molecule is CC1(C)c2ccccc2N2c3ccccc3C(C)(C)c3cc(Oc4ccccc4Oc4nc(-c5ccccc5)nc(-c5ccccc5)n4)cc1c32. The molecule has 0 fully saturated rings. The van der Waals surface area contributed by atoms with Gasteiger partial charge in [-0.1, -0.05) is 137 Å². The molecule has 6 aromatic carbocycles. The van der Waals surface area contributed by atoms with Gasteiger partial charge in [0.15, 0.2) is 23.1 Å². The monoisotopic (exact) mass is 664 g/mol. The van der Waals surface area contributed by atoms with Crippen molar-refractivity contribution in [2.24, 2.45) is 0 Å². The van der Waals surface area contributed by atoms with E-state index in [4.69, 9.17) is 24.4 Å².